The fourth-order valence-corrected chi connectivity index (χ4v) is 2.06. The van der Waals surface area contributed by atoms with Gasteiger partial charge in [-0.3, -0.25) is 0 Å². The highest BCUT2D eigenvalue weighted by molar-refractivity contribution is 7.82. The van der Waals surface area contributed by atoms with E-state index in [1.807, 2.05) is 0 Å². The average Bonchev–Trinajstić information content (AvgIpc) is 2.05. The van der Waals surface area contributed by atoms with Gasteiger partial charge in [0.1, 0.15) is 0 Å². The Labute approximate surface area is 81.2 Å². The summed E-state index contributed by atoms with van der Waals surface area (Å²) >= 11 is 4.71. The van der Waals surface area contributed by atoms with Crippen molar-refractivity contribution in [3.05, 3.63) is 24.3 Å². The van der Waals surface area contributed by atoms with E-state index in [1.165, 1.54) is 12.8 Å². The second kappa shape index (κ2) is 4.18. The molecule has 0 spiro atoms. The van der Waals surface area contributed by atoms with E-state index in [9.17, 15) is 0 Å². The van der Waals surface area contributed by atoms with Crippen molar-refractivity contribution in [2.45, 2.75) is 37.9 Å². The third kappa shape index (κ3) is 2.71. The molecule has 2 atom stereocenters. The minimum absolute atomic E-state index is 0.129. The van der Waals surface area contributed by atoms with Crippen LogP contribution in [0, 0.1) is 5.92 Å². The van der Waals surface area contributed by atoms with Gasteiger partial charge in [0.25, 0.3) is 0 Å². The van der Waals surface area contributed by atoms with Crippen molar-refractivity contribution in [3.63, 3.8) is 0 Å². The van der Waals surface area contributed by atoms with Crippen molar-refractivity contribution < 1.29 is 0 Å². The van der Waals surface area contributed by atoms with Crippen LogP contribution in [0.15, 0.2) is 24.3 Å². The topological polar surface area (TPSA) is 0 Å². The van der Waals surface area contributed by atoms with Crippen LogP contribution in [0.4, 0.5) is 0 Å². The van der Waals surface area contributed by atoms with Gasteiger partial charge in [-0.25, -0.2) is 0 Å². The maximum atomic E-state index is 4.71. The highest BCUT2D eigenvalue weighted by atomic mass is 32.1. The molecule has 0 bridgehead atoms. The van der Waals surface area contributed by atoms with Crippen molar-refractivity contribution in [1.29, 1.82) is 0 Å². The van der Waals surface area contributed by atoms with Crippen LogP contribution in [0.2, 0.25) is 0 Å². The molecule has 0 N–H and O–H groups in total. The van der Waals surface area contributed by atoms with E-state index >= 15 is 0 Å². The van der Waals surface area contributed by atoms with E-state index in [4.69, 9.17) is 12.6 Å². The molecule has 0 amide bonds. The minimum Gasteiger partial charge on any atom is -0.168 e. The zero-order valence-corrected chi connectivity index (χ0v) is 8.85. The molecule has 68 valence electrons. The minimum atomic E-state index is 0.129. The lowest BCUT2D eigenvalue weighted by Gasteiger charge is -2.28. The molecule has 0 saturated heterocycles. The standard InChI is InChI=1S/C11H18S/c1-3-10(2)9-11(12)7-5-4-6-8-11/h4-7,10,12H,3,8-9H2,1-2H3. The Morgan fingerprint density at radius 3 is 2.75 bits per heavy atom. The molecule has 1 aliphatic rings. The number of hydrogen-bond acceptors (Lipinski definition) is 1. The first-order chi connectivity index (χ1) is 5.66. The van der Waals surface area contributed by atoms with E-state index < -0.39 is 0 Å². The Morgan fingerprint density at radius 1 is 1.50 bits per heavy atom. The molecule has 0 aliphatic heterocycles. The van der Waals surface area contributed by atoms with E-state index in [0.717, 1.165) is 12.3 Å². The maximum Gasteiger partial charge on any atom is 0.0348 e. The van der Waals surface area contributed by atoms with Gasteiger partial charge in [-0.1, -0.05) is 44.6 Å². The normalized spacial score (nSPS) is 30.6. The van der Waals surface area contributed by atoms with Gasteiger partial charge in [0, 0.05) is 4.75 Å². The van der Waals surface area contributed by atoms with E-state index in [-0.39, 0.29) is 4.75 Å². The number of allylic oxidation sites excluding steroid dienone is 3. The number of thiol groups is 1. The lowest BCUT2D eigenvalue weighted by Crippen LogP contribution is -2.22. The summed E-state index contributed by atoms with van der Waals surface area (Å²) < 4.78 is 0.129. The summed E-state index contributed by atoms with van der Waals surface area (Å²) in [4.78, 5) is 0. The Hall–Kier alpha value is -0.170. The first kappa shape index (κ1) is 9.91. The number of hydrogen-bond donors (Lipinski definition) is 1. The fraction of sp³-hybridized carbons (Fsp3) is 0.636. The largest absolute Gasteiger partial charge is 0.168 e. The second-order valence-electron chi connectivity index (χ2n) is 3.81. The molecule has 0 aromatic carbocycles. The average molecular weight is 182 g/mol. The fourth-order valence-electron chi connectivity index (χ4n) is 1.55. The van der Waals surface area contributed by atoms with Gasteiger partial charge in [-0.15, -0.1) is 0 Å². The van der Waals surface area contributed by atoms with Crippen LogP contribution < -0.4 is 0 Å². The lowest BCUT2D eigenvalue weighted by molar-refractivity contribution is 0.463. The van der Waals surface area contributed by atoms with Gasteiger partial charge < -0.3 is 0 Å². The summed E-state index contributed by atoms with van der Waals surface area (Å²) in [5.74, 6) is 0.777. The summed E-state index contributed by atoms with van der Waals surface area (Å²) in [6.07, 6.45) is 12.2. The molecule has 0 heterocycles. The third-order valence-electron chi connectivity index (χ3n) is 2.52. The molecule has 0 aromatic rings. The predicted molar refractivity (Wildman–Crippen MR) is 58.7 cm³/mol. The van der Waals surface area contributed by atoms with Crippen molar-refractivity contribution in [1.82, 2.24) is 0 Å². The zero-order chi connectivity index (χ0) is 9.03. The van der Waals surface area contributed by atoms with Gasteiger partial charge in [0.2, 0.25) is 0 Å². The molecule has 1 rings (SSSR count). The summed E-state index contributed by atoms with van der Waals surface area (Å²) in [7, 11) is 0. The van der Waals surface area contributed by atoms with Crippen molar-refractivity contribution in [3.8, 4) is 0 Å². The van der Waals surface area contributed by atoms with Crippen LogP contribution in [-0.2, 0) is 0 Å². The summed E-state index contributed by atoms with van der Waals surface area (Å²) in [5.41, 5.74) is 0. The maximum absolute atomic E-state index is 4.71. The molecule has 0 fully saturated rings. The molecular formula is C11H18S. The Balaban J connectivity index is 2.49. The highest BCUT2D eigenvalue weighted by Crippen LogP contribution is 2.32. The van der Waals surface area contributed by atoms with Crippen molar-refractivity contribution in [2.24, 2.45) is 5.92 Å². The van der Waals surface area contributed by atoms with Crippen LogP contribution in [0.5, 0.6) is 0 Å². The smallest absolute Gasteiger partial charge is 0.0348 e. The zero-order valence-electron chi connectivity index (χ0n) is 7.96. The van der Waals surface area contributed by atoms with Crippen LogP contribution >= 0.6 is 12.6 Å². The van der Waals surface area contributed by atoms with Crippen molar-refractivity contribution >= 4 is 12.6 Å². The van der Waals surface area contributed by atoms with Gasteiger partial charge in [-0.05, 0) is 18.8 Å². The molecule has 12 heavy (non-hydrogen) atoms. The van der Waals surface area contributed by atoms with Gasteiger partial charge in [0.15, 0.2) is 0 Å². The molecule has 0 aromatic heterocycles. The molecule has 1 aliphatic carbocycles. The molecular weight excluding hydrogens is 164 g/mol. The van der Waals surface area contributed by atoms with E-state index in [1.54, 1.807) is 0 Å². The lowest BCUT2D eigenvalue weighted by atomic mass is 9.88. The SMILES string of the molecule is CCC(C)CC1(S)C=CC=CC1. The monoisotopic (exact) mass is 182 g/mol. The van der Waals surface area contributed by atoms with Crippen LogP contribution in [0.3, 0.4) is 0 Å². The van der Waals surface area contributed by atoms with E-state index in [0.29, 0.717) is 0 Å². The summed E-state index contributed by atoms with van der Waals surface area (Å²) in [6.45, 7) is 4.54. The van der Waals surface area contributed by atoms with Crippen LogP contribution in [0.1, 0.15) is 33.1 Å². The summed E-state index contributed by atoms with van der Waals surface area (Å²) in [5, 5.41) is 0. The third-order valence-corrected chi connectivity index (χ3v) is 3.04. The Kier molecular flexibility index (Phi) is 3.45. The molecule has 0 nitrogen and oxygen atoms in total. The molecule has 0 radical (unpaired) electrons. The van der Waals surface area contributed by atoms with Gasteiger partial charge in [-0.2, -0.15) is 12.6 Å². The van der Waals surface area contributed by atoms with Gasteiger partial charge >= 0.3 is 0 Å². The van der Waals surface area contributed by atoms with Crippen LogP contribution in [-0.4, -0.2) is 4.75 Å². The van der Waals surface area contributed by atoms with Crippen molar-refractivity contribution in [2.75, 3.05) is 0 Å². The Morgan fingerprint density at radius 2 is 2.25 bits per heavy atom. The van der Waals surface area contributed by atoms with E-state index in [2.05, 4.69) is 38.2 Å². The summed E-state index contributed by atoms with van der Waals surface area (Å²) in [6, 6.07) is 0. The molecule has 2 unspecified atom stereocenters. The first-order valence-electron chi connectivity index (χ1n) is 4.73. The molecule has 1 heteroatoms. The Bertz CT molecular complexity index is 193. The quantitative estimate of drug-likeness (QED) is 0.633. The first-order valence-corrected chi connectivity index (χ1v) is 5.18. The van der Waals surface area contributed by atoms with Crippen LogP contribution in [0.25, 0.3) is 0 Å². The number of rotatable bonds is 3. The van der Waals surface area contributed by atoms with Gasteiger partial charge in [0.05, 0.1) is 0 Å². The highest BCUT2D eigenvalue weighted by Gasteiger charge is 2.23. The molecule has 0 saturated carbocycles. The second-order valence-corrected chi connectivity index (χ2v) is 4.70. The predicted octanol–water partition coefficient (Wildman–Crippen LogP) is 3.61.